The van der Waals surface area contributed by atoms with Crippen LogP contribution in [0, 0.1) is 6.92 Å². The van der Waals surface area contributed by atoms with Crippen LogP contribution < -0.4 is 0 Å². The van der Waals surface area contributed by atoms with Crippen molar-refractivity contribution >= 4 is 0 Å². The van der Waals surface area contributed by atoms with Gasteiger partial charge in [0.05, 0.1) is 12.6 Å². The maximum absolute atomic E-state index is 9.51. The number of benzene rings is 3. The molecule has 0 bridgehead atoms. The van der Waals surface area contributed by atoms with Crippen LogP contribution in [-0.4, -0.2) is 33.3 Å². The molecule has 0 unspecified atom stereocenters. The summed E-state index contributed by atoms with van der Waals surface area (Å²) in [5, 5.41) is 13.7. The Kier molecular flexibility index (Phi) is 6.87. The zero-order chi connectivity index (χ0) is 21.5. The lowest BCUT2D eigenvalue weighted by Gasteiger charge is -2.31. The van der Waals surface area contributed by atoms with Gasteiger partial charge in [-0.3, -0.25) is 4.90 Å². The summed E-state index contributed by atoms with van der Waals surface area (Å²) in [6.07, 6.45) is 0.662. The molecule has 0 aliphatic rings. The van der Waals surface area contributed by atoms with Gasteiger partial charge >= 0.3 is 0 Å². The summed E-state index contributed by atoms with van der Waals surface area (Å²) >= 11 is 0. The third-order valence-electron chi connectivity index (χ3n) is 5.39. The van der Waals surface area contributed by atoms with E-state index in [0.29, 0.717) is 31.2 Å². The van der Waals surface area contributed by atoms with Gasteiger partial charge in [0, 0.05) is 18.7 Å². The standard InChI is InChI=1S/C26H27N3O2/c1-20-11-8-9-16-23(20)26-27-24(31-28-26)19-29(17-10-18-30)25(21-12-4-2-5-13-21)22-14-6-3-7-15-22/h2-9,11-16,25,30H,10,17-19H2,1H3. The highest BCUT2D eigenvalue weighted by Crippen LogP contribution is 2.30. The third-order valence-corrected chi connectivity index (χ3v) is 5.39. The molecule has 5 nitrogen and oxygen atoms in total. The van der Waals surface area contributed by atoms with E-state index in [1.54, 1.807) is 0 Å². The van der Waals surface area contributed by atoms with Crippen LogP contribution in [0.4, 0.5) is 0 Å². The van der Waals surface area contributed by atoms with Gasteiger partial charge in [-0.2, -0.15) is 4.98 Å². The van der Waals surface area contributed by atoms with Crippen LogP contribution in [0.15, 0.2) is 89.5 Å². The molecule has 1 aromatic heterocycles. The van der Waals surface area contributed by atoms with E-state index in [1.807, 2.05) is 43.3 Å². The third kappa shape index (κ3) is 5.08. The smallest absolute Gasteiger partial charge is 0.241 e. The Morgan fingerprint density at radius 3 is 2.10 bits per heavy atom. The lowest BCUT2D eigenvalue weighted by atomic mass is 9.96. The highest BCUT2D eigenvalue weighted by atomic mass is 16.5. The first-order valence-electron chi connectivity index (χ1n) is 10.6. The molecule has 0 aliphatic carbocycles. The number of aromatic nitrogens is 2. The molecule has 31 heavy (non-hydrogen) atoms. The van der Waals surface area contributed by atoms with Crippen LogP contribution in [0.5, 0.6) is 0 Å². The number of aliphatic hydroxyl groups excluding tert-OH is 1. The summed E-state index contributed by atoms with van der Waals surface area (Å²) in [4.78, 5) is 6.96. The monoisotopic (exact) mass is 413 g/mol. The van der Waals surface area contributed by atoms with E-state index >= 15 is 0 Å². The van der Waals surface area contributed by atoms with Crippen molar-refractivity contribution in [3.8, 4) is 11.4 Å². The molecule has 0 spiro atoms. The highest BCUT2D eigenvalue weighted by molar-refractivity contribution is 5.58. The lowest BCUT2D eigenvalue weighted by Crippen LogP contribution is -2.31. The van der Waals surface area contributed by atoms with Gasteiger partial charge in [0.1, 0.15) is 0 Å². The van der Waals surface area contributed by atoms with Gasteiger partial charge in [-0.25, -0.2) is 0 Å². The van der Waals surface area contributed by atoms with Gasteiger partial charge in [-0.05, 0) is 30.0 Å². The average molecular weight is 414 g/mol. The molecule has 0 radical (unpaired) electrons. The molecule has 0 saturated heterocycles. The zero-order valence-electron chi connectivity index (χ0n) is 17.7. The largest absolute Gasteiger partial charge is 0.396 e. The summed E-state index contributed by atoms with van der Waals surface area (Å²) in [5.41, 5.74) is 4.45. The van der Waals surface area contributed by atoms with Crippen molar-refractivity contribution in [3.05, 3.63) is 108 Å². The highest BCUT2D eigenvalue weighted by Gasteiger charge is 2.24. The first kappa shape index (κ1) is 21.0. The molecular weight excluding hydrogens is 386 g/mol. The Morgan fingerprint density at radius 1 is 0.871 bits per heavy atom. The molecular formula is C26H27N3O2. The summed E-state index contributed by atoms with van der Waals surface area (Å²) in [7, 11) is 0. The van der Waals surface area contributed by atoms with Crippen molar-refractivity contribution in [2.24, 2.45) is 0 Å². The van der Waals surface area contributed by atoms with Crippen molar-refractivity contribution in [2.45, 2.75) is 25.9 Å². The fourth-order valence-electron chi connectivity index (χ4n) is 3.88. The fraction of sp³-hybridized carbons (Fsp3) is 0.231. The number of aryl methyl sites for hydroxylation is 1. The summed E-state index contributed by atoms with van der Waals surface area (Å²) in [6.45, 7) is 3.37. The Morgan fingerprint density at radius 2 is 1.48 bits per heavy atom. The molecule has 5 heteroatoms. The molecule has 0 saturated carbocycles. The van der Waals surface area contributed by atoms with Crippen molar-refractivity contribution in [1.29, 1.82) is 0 Å². The molecule has 1 heterocycles. The number of hydrogen-bond acceptors (Lipinski definition) is 5. The van der Waals surface area contributed by atoms with Crippen LogP contribution in [0.25, 0.3) is 11.4 Å². The molecule has 4 aromatic rings. The van der Waals surface area contributed by atoms with Crippen molar-refractivity contribution in [2.75, 3.05) is 13.2 Å². The van der Waals surface area contributed by atoms with Crippen LogP contribution in [0.1, 0.15) is 35.0 Å². The fourth-order valence-corrected chi connectivity index (χ4v) is 3.88. The predicted octanol–water partition coefficient (Wildman–Crippen LogP) is 5.02. The number of rotatable bonds is 9. The summed E-state index contributed by atoms with van der Waals surface area (Å²) in [5.74, 6) is 1.17. The van der Waals surface area contributed by atoms with Gasteiger partial charge in [-0.15, -0.1) is 0 Å². The van der Waals surface area contributed by atoms with E-state index in [-0.39, 0.29) is 12.6 Å². The van der Waals surface area contributed by atoms with Crippen LogP contribution >= 0.6 is 0 Å². The normalized spacial score (nSPS) is 11.4. The molecule has 0 fully saturated rings. The Labute approximate surface area is 183 Å². The Hall–Kier alpha value is -3.28. The molecule has 4 rings (SSSR count). The van der Waals surface area contributed by atoms with E-state index in [1.165, 1.54) is 11.1 Å². The van der Waals surface area contributed by atoms with Gasteiger partial charge in [0.15, 0.2) is 0 Å². The van der Waals surface area contributed by atoms with Crippen LogP contribution in [0.2, 0.25) is 0 Å². The molecule has 0 atom stereocenters. The van der Waals surface area contributed by atoms with E-state index in [4.69, 9.17) is 4.52 Å². The molecule has 1 N–H and O–H groups in total. The van der Waals surface area contributed by atoms with Crippen molar-refractivity contribution in [1.82, 2.24) is 15.0 Å². The Balaban J connectivity index is 1.67. The second-order valence-electron chi connectivity index (χ2n) is 7.60. The number of aliphatic hydroxyl groups is 1. The van der Waals surface area contributed by atoms with E-state index < -0.39 is 0 Å². The first-order valence-corrected chi connectivity index (χ1v) is 10.6. The quantitative estimate of drug-likeness (QED) is 0.417. The zero-order valence-corrected chi connectivity index (χ0v) is 17.7. The summed E-state index contributed by atoms with van der Waals surface area (Å²) < 4.78 is 5.64. The minimum absolute atomic E-state index is 0.0164. The number of nitrogens with zero attached hydrogens (tertiary/aromatic N) is 3. The molecule has 158 valence electrons. The van der Waals surface area contributed by atoms with Crippen molar-refractivity contribution in [3.63, 3.8) is 0 Å². The van der Waals surface area contributed by atoms with Crippen molar-refractivity contribution < 1.29 is 9.63 Å². The van der Waals surface area contributed by atoms with Gasteiger partial charge < -0.3 is 9.63 Å². The molecule has 3 aromatic carbocycles. The maximum atomic E-state index is 9.51. The van der Waals surface area contributed by atoms with E-state index in [2.05, 4.69) is 63.6 Å². The minimum atomic E-state index is 0.0164. The lowest BCUT2D eigenvalue weighted by molar-refractivity contribution is 0.167. The Bertz CT molecular complexity index is 1040. The average Bonchev–Trinajstić information content (AvgIpc) is 3.27. The second kappa shape index (κ2) is 10.2. The van der Waals surface area contributed by atoms with Gasteiger partial charge in [0.2, 0.25) is 11.7 Å². The predicted molar refractivity (Wildman–Crippen MR) is 121 cm³/mol. The van der Waals surface area contributed by atoms with Crippen LogP contribution in [0.3, 0.4) is 0 Å². The molecule has 0 aliphatic heterocycles. The van der Waals surface area contributed by atoms with Gasteiger partial charge in [-0.1, -0.05) is 90.1 Å². The maximum Gasteiger partial charge on any atom is 0.241 e. The minimum Gasteiger partial charge on any atom is -0.396 e. The molecule has 0 amide bonds. The van der Waals surface area contributed by atoms with Gasteiger partial charge in [0.25, 0.3) is 0 Å². The topological polar surface area (TPSA) is 62.4 Å². The van der Waals surface area contributed by atoms with Crippen LogP contribution in [-0.2, 0) is 6.54 Å². The second-order valence-corrected chi connectivity index (χ2v) is 7.60. The van der Waals surface area contributed by atoms with E-state index in [0.717, 1.165) is 11.1 Å². The van der Waals surface area contributed by atoms with E-state index in [9.17, 15) is 5.11 Å². The SMILES string of the molecule is Cc1ccccc1-c1noc(CN(CCCO)C(c2ccccc2)c2ccccc2)n1. The first-order chi connectivity index (χ1) is 15.3. The summed E-state index contributed by atoms with van der Waals surface area (Å²) in [6, 6.07) is 28.8. The number of hydrogen-bond donors (Lipinski definition) is 1.